The highest BCUT2D eigenvalue weighted by Gasteiger charge is 2.03. The van der Waals surface area contributed by atoms with Gasteiger partial charge in [-0.25, -0.2) is 5.10 Å². The predicted octanol–water partition coefficient (Wildman–Crippen LogP) is 1.22. The molecule has 0 amide bonds. The first kappa shape index (κ1) is 11.3. The SMILES string of the molecule is CCNC(=S)Nc1nc(SCC)n[nH]1. The highest BCUT2D eigenvalue weighted by atomic mass is 32.2. The third-order valence-corrected chi connectivity index (χ3v) is 2.28. The molecule has 0 saturated heterocycles. The van der Waals surface area contributed by atoms with Crippen molar-refractivity contribution in [1.29, 1.82) is 0 Å². The fourth-order valence-electron chi connectivity index (χ4n) is 0.808. The first-order valence-electron chi connectivity index (χ1n) is 4.36. The van der Waals surface area contributed by atoms with Crippen LogP contribution in [-0.2, 0) is 0 Å². The molecule has 0 aliphatic carbocycles. The van der Waals surface area contributed by atoms with E-state index >= 15 is 0 Å². The lowest BCUT2D eigenvalue weighted by Crippen LogP contribution is -2.28. The van der Waals surface area contributed by atoms with Gasteiger partial charge in [0, 0.05) is 6.54 Å². The summed E-state index contributed by atoms with van der Waals surface area (Å²) in [7, 11) is 0. The van der Waals surface area contributed by atoms with Crippen LogP contribution in [0.4, 0.5) is 5.95 Å². The molecule has 7 heteroatoms. The van der Waals surface area contributed by atoms with Crippen LogP contribution >= 0.6 is 24.0 Å². The number of thiocarbonyl (C=S) groups is 1. The Hall–Kier alpha value is -0.820. The molecule has 0 fully saturated rings. The van der Waals surface area contributed by atoms with Crippen molar-refractivity contribution in [1.82, 2.24) is 20.5 Å². The average molecular weight is 231 g/mol. The van der Waals surface area contributed by atoms with E-state index in [0.29, 0.717) is 11.1 Å². The van der Waals surface area contributed by atoms with E-state index in [1.54, 1.807) is 11.8 Å². The molecular formula is C7H13N5S2. The smallest absolute Gasteiger partial charge is 0.225 e. The minimum Gasteiger partial charge on any atom is -0.363 e. The van der Waals surface area contributed by atoms with Gasteiger partial charge in [0.25, 0.3) is 0 Å². The van der Waals surface area contributed by atoms with Gasteiger partial charge < -0.3 is 10.6 Å². The van der Waals surface area contributed by atoms with E-state index in [1.165, 1.54) is 0 Å². The van der Waals surface area contributed by atoms with Gasteiger partial charge in [0.1, 0.15) is 0 Å². The molecule has 0 spiro atoms. The van der Waals surface area contributed by atoms with Crippen molar-refractivity contribution in [2.75, 3.05) is 17.6 Å². The second-order valence-corrected chi connectivity index (χ2v) is 4.02. The summed E-state index contributed by atoms with van der Waals surface area (Å²) in [6, 6.07) is 0. The number of rotatable bonds is 4. The van der Waals surface area contributed by atoms with Gasteiger partial charge in [-0.3, -0.25) is 0 Å². The van der Waals surface area contributed by atoms with Crippen molar-refractivity contribution in [3.05, 3.63) is 0 Å². The third kappa shape index (κ3) is 3.51. The zero-order valence-corrected chi connectivity index (χ0v) is 9.76. The standard InChI is InChI=1S/C7H13N5S2/c1-3-8-6(13)9-5-10-7(12-11-5)14-4-2/h3-4H2,1-2H3,(H3,8,9,10,11,12,13). The summed E-state index contributed by atoms with van der Waals surface area (Å²) in [4.78, 5) is 4.18. The summed E-state index contributed by atoms with van der Waals surface area (Å²) in [6.07, 6.45) is 0. The molecule has 1 heterocycles. The zero-order valence-electron chi connectivity index (χ0n) is 8.13. The van der Waals surface area contributed by atoms with Crippen molar-refractivity contribution in [3.63, 3.8) is 0 Å². The van der Waals surface area contributed by atoms with E-state index < -0.39 is 0 Å². The summed E-state index contributed by atoms with van der Waals surface area (Å²) in [5.74, 6) is 1.53. The summed E-state index contributed by atoms with van der Waals surface area (Å²) in [5.41, 5.74) is 0. The molecule has 3 N–H and O–H groups in total. The number of H-pyrrole nitrogens is 1. The van der Waals surface area contributed by atoms with Crippen LogP contribution in [0.5, 0.6) is 0 Å². The molecule has 0 bridgehead atoms. The van der Waals surface area contributed by atoms with Gasteiger partial charge in [-0.05, 0) is 24.9 Å². The van der Waals surface area contributed by atoms with Crippen molar-refractivity contribution >= 4 is 35.0 Å². The second kappa shape index (κ2) is 5.82. The Kier molecular flexibility index (Phi) is 4.68. The van der Waals surface area contributed by atoms with Crippen molar-refractivity contribution < 1.29 is 0 Å². The van der Waals surface area contributed by atoms with Crippen LogP contribution < -0.4 is 10.6 Å². The molecule has 1 aromatic rings. The molecule has 78 valence electrons. The third-order valence-electron chi connectivity index (χ3n) is 1.31. The van der Waals surface area contributed by atoms with Crippen LogP contribution in [0.2, 0.25) is 0 Å². The number of hydrogen-bond donors (Lipinski definition) is 3. The highest BCUT2D eigenvalue weighted by Crippen LogP contribution is 2.12. The molecular weight excluding hydrogens is 218 g/mol. The summed E-state index contributed by atoms with van der Waals surface area (Å²) >= 11 is 6.57. The van der Waals surface area contributed by atoms with E-state index in [9.17, 15) is 0 Å². The number of anilines is 1. The Morgan fingerprint density at radius 1 is 1.57 bits per heavy atom. The van der Waals surface area contributed by atoms with Gasteiger partial charge in [-0.1, -0.05) is 18.7 Å². The van der Waals surface area contributed by atoms with Crippen LogP contribution in [0, 0.1) is 0 Å². The number of nitrogens with one attached hydrogen (secondary N) is 3. The molecule has 0 saturated carbocycles. The van der Waals surface area contributed by atoms with Crippen LogP contribution in [0.1, 0.15) is 13.8 Å². The largest absolute Gasteiger partial charge is 0.363 e. The minimum absolute atomic E-state index is 0.552. The van der Waals surface area contributed by atoms with Crippen molar-refractivity contribution in [2.45, 2.75) is 19.0 Å². The molecule has 5 nitrogen and oxygen atoms in total. The summed E-state index contributed by atoms with van der Waals surface area (Å²) in [5, 5.41) is 13.9. The van der Waals surface area contributed by atoms with E-state index in [1.807, 2.05) is 6.92 Å². The van der Waals surface area contributed by atoms with Crippen LogP contribution in [-0.4, -0.2) is 32.6 Å². The molecule has 0 aliphatic heterocycles. The molecule has 0 aliphatic rings. The summed E-state index contributed by atoms with van der Waals surface area (Å²) in [6.45, 7) is 4.82. The quantitative estimate of drug-likeness (QED) is 0.535. The van der Waals surface area contributed by atoms with Gasteiger partial charge in [0.05, 0.1) is 0 Å². The van der Waals surface area contributed by atoms with E-state index in [0.717, 1.165) is 17.5 Å². The first-order chi connectivity index (χ1) is 6.76. The summed E-state index contributed by atoms with van der Waals surface area (Å²) < 4.78 is 0. The lowest BCUT2D eigenvalue weighted by molar-refractivity contribution is 0.970. The van der Waals surface area contributed by atoms with Gasteiger partial charge in [0.2, 0.25) is 11.1 Å². The normalized spacial score (nSPS) is 9.86. The first-order valence-corrected chi connectivity index (χ1v) is 5.75. The Morgan fingerprint density at radius 3 is 3.00 bits per heavy atom. The molecule has 0 unspecified atom stereocenters. The van der Waals surface area contributed by atoms with Gasteiger partial charge >= 0.3 is 0 Å². The van der Waals surface area contributed by atoms with E-state index in [2.05, 4.69) is 32.7 Å². The van der Waals surface area contributed by atoms with Gasteiger partial charge in [-0.15, -0.1) is 5.10 Å². The van der Waals surface area contributed by atoms with Crippen molar-refractivity contribution in [2.24, 2.45) is 0 Å². The number of aromatic amines is 1. The lowest BCUT2D eigenvalue weighted by Gasteiger charge is -2.03. The molecule has 1 aromatic heterocycles. The maximum atomic E-state index is 4.99. The fourth-order valence-corrected chi connectivity index (χ4v) is 1.57. The molecule has 0 aromatic carbocycles. The van der Waals surface area contributed by atoms with Crippen LogP contribution in [0.25, 0.3) is 0 Å². The molecule has 14 heavy (non-hydrogen) atoms. The number of hydrogen-bond acceptors (Lipinski definition) is 4. The number of thioether (sulfide) groups is 1. The Bertz CT molecular complexity index is 298. The topological polar surface area (TPSA) is 65.6 Å². The lowest BCUT2D eigenvalue weighted by atomic mass is 10.7. The molecule has 0 radical (unpaired) electrons. The Balaban J connectivity index is 2.46. The maximum Gasteiger partial charge on any atom is 0.225 e. The maximum absolute atomic E-state index is 4.99. The number of nitrogens with zero attached hydrogens (tertiary/aromatic N) is 2. The van der Waals surface area contributed by atoms with Crippen molar-refractivity contribution in [3.8, 4) is 0 Å². The zero-order chi connectivity index (χ0) is 10.4. The van der Waals surface area contributed by atoms with Crippen LogP contribution in [0.3, 0.4) is 0 Å². The Labute approximate surface area is 92.5 Å². The van der Waals surface area contributed by atoms with Gasteiger partial charge in [0.15, 0.2) is 5.11 Å². The molecule has 1 rings (SSSR count). The van der Waals surface area contributed by atoms with Gasteiger partial charge in [-0.2, -0.15) is 4.98 Å². The number of aromatic nitrogens is 3. The average Bonchev–Trinajstić information content (AvgIpc) is 2.53. The minimum atomic E-state index is 0.552. The van der Waals surface area contributed by atoms with E-state index in [4.69, 9.17) is 12.2 Å². The van der Waals surface area contributed by atoms with Crippen LogP contribution in [0.15, 0.2) is 5.16 Å². The predicted molar refractivity (Wildman–Crippen MR) is 62.7 cm³/mol. The highest BCUT2D eigenvalue weighted by molar-refractivity contribution is 7.99. The molecule has 0 atom stereocenters. The second-order valence-electron chi connectivity index (χ2n) is 2.38. The van der Waals surface area contributed by atoms with E-state index in [-0.39, 0.29) is 0 Å². The Morgan fingerprint density at radius 2 is 2.36 bits per heavy atom. The fraction of sp³-hybridized carbons (Fsp3) is 0.571. The monoisotopic (exact) mass is 231 g/mol.